The minimum atomic E-state index is -0.483. The Morgan fingerprint density at radius 2 is 2.03 bits per heavy atom. The Bertz CT molecular complexity index is 1320. The third kappa shape index (κ3) is 4.63. The fourth-order valence-corrected chi connectivity index (χ4v) is 4.71. The molecule has 172 valence electrons. The van der Waals surface area contributed by atoms with Gasteiger partial charge < -0.3 is 4.74 Å². The average molecular weight is 493 g/mol. The number of hydrogen-bond donors (Lipinski definition) is 0. The van der Waals surface area contributed by atoms with E-state index in [9.17, 15) is 14.9 Å². The molecule has 10 heteroatoms. The number of carbonyl (C=O) groups is 1. The van der Waals surface area contributed by atoms with Crippen molar-refractivity contribution in [2.24, 2.45) is 0 Å². The highest BCUT2D eigenvalue weighted by Gasteiger charge is 2.31. The first-order valence-electron chi connectivity index (χ1n) is 10.4. The molecule has 0 bridgehead atoms. The maximum absolute atomic E-state index is 12.9. The summed E-state index contributed by atoms with van der Waals surface area (Å²) in [6.45, 7) is 6.07. The van der Waals surface area contributed by atoms with Crippen molar-refractivity contribution in [2.75, 3.05) is 13.2 Å². The van der Waals surface area contributed by atoms with Gasteiger partial charge in [0, 0.05) is 29.9 Å². The van der Waals surface area contributed by atoms with Crippen LogP contribution in [0.25, 0.3) is 23.0 Å². The first-order valence-corrected chi connectivity index (χ1v) is 11.6. The van der Waals surface area contributed by atoms with Crippen molar-refractivity contribution in [3.8, 4) is 22.7 Å². The second kappa shape index (κ2) is 10.0. The Morgan fingerprint density at radius 3 is 2.71 bits per heavy atom. The van der Waals surface area contributed by atoms with Crippen LogP contribution in [0.3, 0.4) is 0 Å². The van der Waals surface area contributed by atoms with Gasteiger partial charge in [0.05, 0.1) is 22.1 Å². The van der Waals surface area contributed by atoms with Crippen LogP contribution in [0.1, 0.15) is 12.5 Å². The normalized spacial score (nSPS) is 14.6. The molecule has 1 saturated heterocycles. The number of para-hydroxylation sites is 1. The molecule has 0 aliphatic carbocycles. The van der Waals surface area contributed by atoms with E-state index in [4.69, 9.17) is 22.1 Å². The lowest BCUT2D eigenvalue weighted by Gasteiger charge is -2.10. The van der Waals surface area contributed by atoms with Gasteiger partial charge in [-0.3, -0.25) is 19.8 Å². The Labute approximate surface area is 205 Å². The summed E-state index contributed by atoms with van der Waals surface area (Å²) in [7, 11) is 0. The van der Waals surface area contributed by atoms with E-state index in [2.05, 4.69) is 6.58 Å². The van der Waals surface area contributed by atoms with Gasteiger partial charge in [-0.2, -0.15) is 5.10 Å². The fraction of sp³-hybridized carbons (Fsp3) is 0.125. The lowest BCUT2D eigenvalue weighted by atomic mass is 10.1. The highest BCUT2D eigenvalue weighted by molar-refractivity contribution is 8.26. The van der Waals surface area contributed by atoms with Gasteiger partial charge in [-0.25, -0.2) is 4.68 Å². The Morgan fingerprint density at radius 1 is 1.26 bits per heavy atom. The van der Waals surface area contributed by atoms with Crippen molar-refractivity contribution in [1.82, 2.24) is 14.7 Å². The van der Waals surface area contributed by atoms with Gasteiger partial charge in [0.15, 0.2) is 5.75 Å². The minimum Gasteiger partial charge on any atom is -0.487 e. The highest BCUT2D eigenvalue weighted by Crippen LogP contribution is 2.37. The standard InChI is InChI=1S/C24H20N4O4S2/c1-3-12-26-23(29)21(34-24(26)33)14-17-15-27(18-8-6-5-7-9-18)25-22(17)16-10-11-20(32-4-2)19(13-16)28(30)31/h3,5-11,13-15H,1,4,12H2,2H3. The molecule has 0 spiro atoms. The third-order valence-electron chi connectivity index (χ3n) is 4.96. The predicted octanol–water partition coefficient (Wildman–Crippen LogP) is 5.23. The van der Waals surface area contributed by atoms with Crippen LogP contribution in [0.5, 0.6) is 5.75 Å². The number of rotatable bonds is 8. The van der Waals surface area contributed by atoms with Crippen LogP contribution >= 0.6 is 24.0 Å². The van der Waals surface area contributed by atoms with E-state index in [-0.39, 0.29) is 17.3 Å². The third-order valence-corrected chi connectivity index (χ3v) is 6.34. The molecule has 1 fully saturated rings. The lowest BCUT2D eigenvalue weighted by Crippen LogP contribution is -2.27. The van der Waals surface area contributed by atoms with Crippen LogP contribution in [0.4, 0.5) is 5.69 Å². The second-order valence-corrected chi connectivity index (χ2v) is 8.84. The van der Waals surface area contributed by atoms with Crippen molar-refractivity contribution >= 4 is 46.0 Å². The monoisotopic (exact) mass is 492 g/mol. The number of benzene rings is 2. The van der Waals surface area contributed by atoms with Gasteiger partial charge in [-0.05, 0) is 37.3 Å². The van der Waals surface area contributed by atoms with E-state index in [1.165, 1.54) is 22.7 Å². The summed E-state index contributed by atoms with van der Waals surface area (Å²) in [6, 6.07) is 14.2. The molecule has 2 aromatic carbocycles. The van der Waals surface area contributed by atoms with Crippen molar-refractivity contribution in [1.29, 1.82) is 0 Å². The lowest BCUT2D eigenvalue weighted by molar-refractivity contribution is -0.385. The number of carbonyl (C=O) groups excluding carboxylic acids is 1. The van der Waals surface area contributed by atoms with E-state index in [1.54, 1.807) is 42.1 Å². The van der Waals surface area contributed by atoms with E-state index in [0.29, 0.717) is 39.2 Å². The number of hydrogen-bond acceptors (Lipinski definition) is 7. The van der Waals surface area contributed by atoms with Gasteiger partial charge >= 0.3 is 5.69 Å². The van der Waals surface area contributed by atoms with Gasteiger partial charge in [-0.1, -0.05) is 48.3 Å². The van der Waals surface area contributed by atoms with E-state index < -0.39 is 4.92 Å². The van der Waals surface area contributed by atoms with Crippen LogP contribution in [0.2, 0.25) is 0 Å². The van der Waals surface area contributed by atoms with Crippen LogP contribution in [0, 0.1) is 10.1 Å². The van der Waals surface area contributed by atoms with E-state index in [1.807, 2.05) is 30.3 Å². The highest BCUT2D eigenvalue weighted by atomic mass is 32.2. The molecule has 3 aromatic rings. The summed E-state index contributed by atoms with van der Waals surface area (Å²) in [5.41, 5.74) is 2.29. The number of aromatic nitrogens is 2. The maximum atomic E-state index is 12.9. The number of ether oxygens (including phenoxy) is 1. The summed E-state index contributed by atoms with van der Waals surface area (Å²) in [5.74, 6) is -0.0310. The van der Waals surface area contributed by atoms with Crippen LogP contribution < -0.4 is 4.74 Å². The van der Waals surface area contributed by atoms with E-state index >= 15 is 0 Å². The molecule has 0 atom stereocenters. The molecule has 1 aliphatic rings. The summed E-state index contributed by atoms with van der Waals surface area (Å²) >= 11 is 6.54. The molecule has 2 heterocycles. The van der Waals surface area contributed by atoms with Crippen molar-refractivity contribution in [2.45, 2.75) is 6.92 Å². The molecule has 8 nitrogen and oxygen atoms in total. The SMILES string of the molecule is C=CCN1C(=O)C(=Cc2cn(-c3ccccc3)nc2-c2ccc(OCC)c([N+](=O)[O-])c2)SC1=S. The average Bonchev–Trinajstić information content (AvgIpc) is 3.37. The Kier molecular flexibility index (Phi) is 6.90. The number of nitrogens with zero attached hydrogens (tertiary/aromatic N) is 4. The van der Waals surface area contributed by atoms with Crippen molar-refractivity contribution in [3.05, 3.63) is 88.0 Å². The molecule has 1 aromatic heterocycles. The molecule has 34 heavy (non-hydrogen) atoms. The molecule has 0 radical (unpaired) electrons. The minimum absolute atomic E-state index is 0.156. The quantitative estimate of drug-likeness (QED) is 0.140. The Balaban J connectivity index is 1.85. The molecule has 0 saturated carbocycles. The van der Waals surface area contributed by atoms with Gasteiger partial charge in [0.2, 0.25) is 0 Å². The smallest absolute Gasteiger partial charge is 0.311 e. The van der Waals surface area contributed by atoms with Crippen molar-refractivity contribution < 1.29 is 14.5 Å². The molecule has 0 unspecified atom stereocenters. The summed E-state index contributed by atoms with van der Waals surface area (Å²) in [6.07, 6.45) is 5.12. The summed E-state index contributed by atoms with van der Waals surface area (Å²) in [4.78, 5) is 26.0. The number of nitro groups is 1. The van der Waals surface area contributed by atoms with Gasteiger partial charge in [0.1, 0.15) is 10.0 Å². The van der Waals surface area contributed by atoms with Crippen LogP contribution in [-0.2, 0) is 4.79 Å². The first-order chi connectivity index (χ1) is 16.4. The zero-order valence-corrected chi connectivity index (χ0v) is 19.8. The molecule has 1 amide bonds. The van der Waals surface area contributed by atoms with Crippen molar-refractivity contribution in [3.63, 3.8) is 0 Å². The summed E-state index contributed by atoms with van der Waals surface area (Å²) < 4.78 is 7.53. The van der Waals surface area contributed by atoms with Gasteiger partial charge in [0.25, 0.3) is 5.91 Å². The number of amides is 1. The molecule has 4 rings (SSSR count). The number of nitro benzene ring substituents is 1. The maximum Gasteiger partial charge on any atom is 0.311 e. The summed E-state index contributed by atoms with van der Waals surface area (Å²) in [5, 5.41) is 16.4. The molecule has 0 N–H and O–H groups in total. The zero-order chi connectivity index (χ0) is 24.2. The zero-order valence-electron chi connectivity index (χ0n) is 18.2. The molecule has 1 aliphatic heterocycles. The Hall–Kier alpha value is -3.76. The second-order valence-electron chi connectivity index (χ2n) is 7.17. The number of thiocarbonyl (C=S) groups is 1. The number of thioether (sulfide) groups is 1. The van der Waals surface area contributed by atoms with Gasteiger partial charge in [-0.15, -0.1) is 6.58 Å². The van der Waals surface area contributed by atoms with E-state index in [0.717, 1.165) is 5.69 Å². The molecular weight excluding hydrogens is 472 g/mol. The topological polar surface area (TPSA) is 90.5 Å². The largest absolute Gasteiger partial charge is 0.487 e. The van der Waals surface area contributed by atoms with Crippen LogP contribution in [0.15, 0.2) is 72.3 Å². The fourth-order valence-electron chi connectivity index (χ4n) is 3.44. The molecular formula is C24H20N4O4S2. The first kappa shape index (κ1) is 23.4. The predicted molar refractivity (Wildman–Crippen MR) is 137 cm³/mol. The van der Waals surface area contributed by atoms with Crippen LogP contribution in [-0.4, -0.2) is 43.0 Å².